The first-order valence-electron chi connectivity index (χ1n) is 5.93. The van der Waals surface area contributed by atoms with Crippen molar-refractivity contribution in [2.45, 2.75) is 6.10 Å². The standard InChI is InChI=1S/C15H16O4/c1-18-11-5-4-6-12(9-11)19-10-15(17)13-7-2-3-8-14(13)16/h2-9,15-17H,10H2,1H3. The number of phenols is 1. The van der Waals surface area contributed by atoms with Gasteiger partial charge in [0.2, 0.25) is 0 Å². The van der Waals surface area contributed by atoms with E-state index in [-0.39, 0.29) is 12.4 Å². The molecule has 0 aliphatic carbocycles. The van der Waals surface area contributed by atoms with E-state index in [0.717, 1.165) is 0 Å². The molecule has 1 unspecified atom stereocenters. The Bertz CT molecular complexity index is 539. The highest BCUT2D eigenvalue weighted by molar-refractivity contribution is 5.35. The van der Waals surface area contributed by atoms with Crippen LogP contribution in [0.5, 0.6) is 17.2 Å². The maximum absolute atomic E-state index is 9.97. The maximum Gasteiger partial charge on any atom is 0.123 e. The van der Waals surface area contributed by atoms with E-state index in [0.29, 0.717) is 17.1 Å². The summed E-state index contributed by atoms with van der Waals surface area (Å²) in [5.41, 5.74) is 0.449. The molecular weight excluding hydrogens is 244 g/mol. The molecule has 4 nitrogen and oxygen atoms in total. The van der Waals surface area contributed by atoms with Crippen LogP contribution in [0.3, 0.4) is 0 Å². The van der Waals surface area contributed by atoms with Crippen LogP contribution < -0.4 is 9.47 Å². The van der Waals surface area contributed by atoms with Gasteiger partial charge in [0, 0.05) is 11.6 Å². The zero-order valence-electron chi connectivity index (χ0n) is 10.6. The molecular formula is C15H16O4. The topological polar surface area (TPSA) is 58.9 Å². The Hall–Kier alpha value is -2.20. The molecule has 2 aromatic carbocycles. The minimum atomic E-state index is -0.882. The van der Waals surface area contributed by atoms with Gasteiger partial charge in [-0.1, -0.05) is 24.3 Å². The smallest absolute Gasteiger partial charge is 0.123 e. The van der Waals surface area contributed by atoms with Crippen LogP contribution >= 0.6 is 0 Å². The van der Waals surface area contributed by atoms with Crippen molar-refractivity contribution >= 4 is 0 Å². The van der Waals surface area contributed by atoms with Crippen LogP contribution in [0.2, 0.25) is 0 Å². The monoisotopic (exact) mass is 260 g/mol. The summed E-state index contributed by atoms with van der Waals surface area (Å²) in [5, 5.41) is 19.6. The van der Waals surface area contributed by atoms with Gasteiger partial charge in [-0.05, 0) is 18.2 Å². The summed E-state index contributed by atoms with van der Waals surface area (Å²) in [6.45, 7) is 0.0603. The minimum Gasteiger partial charge on any atom is -0.508 e. The highest BCUT2D eigenvalue weighted by Gasteiger charge is 2.12. The van der Waals surface area contributed by atoms with Gasteiger partial charge < -0.3 is 19.7 Å². The van der Waals surface area contributed by atoms with E-state index in [2.05, 4.69) is 0 Å². The fourth-order valence-electron chi connectivity index (χ4n) is 1.73. The van der Waals surface area contributed by atoms with E-state index in [9.17, 15) is 10.2 Å². The third-order valence-corrected chi connectivity index (χ3v) is 2.74. The van der Waals surface area contributed by atoms with Crippen LogP contribution in [0, 0.1) is 0 Å². The molecule has 2 N–H and O–H groups in total. The summed E-state index contributed by atoms with van der Waals surface area (Å²) in [5.74, 6) is 1.35. The number of para-hydroxylation sites is 1. The second-order valence-electron chi connectivity index (χ2n) is 4.06. The Morgan fingerprint density at radius 1 is 1.05 bits per heavy atom. The summed E-state index contributed by atoms with van der Waals surface area (Å²) >= 11 is 0. The number of aromatic hydroxyl groups is 1. The van der Waals surface area contributed by atoms with E-state index in [1.165, 1.54) is 6.07 Å². The van der Waals surface area contributed by atoms with Crippen LogP contribution in [0.4, 0.5) is 0 Å². The zero-order chi connectivity index (χ0) is 13.7. The molecule has 1 atom stereocenters. The lowest BCUT2D eigenvalue weighted by atomic mass is 10.1. The second kappa shape index (κ2) is 6.11. The van der Waals surface area contributed by atoms with E-state index >= 15 is 0 Å². The lowest BCUT2D eigenvalue weighted by molar-refractivity contribution is 0.106. The lowest BCUT2D eigenvalue weighted by Crippen LogP contribution is -2.09. The highest BCUT2D eigenvalue weighted by Crippen LogP contribution is 2.25. The molecule has 2 aromatic rings. The Balaban J connectivity index is 2.00. The van der Waals surface area contributed by atoms with Gasteiger partial charge in [-0.2, -0.15) is 0 Å². The molecule has 4 heteroatoms. The molecule has 0 heterocycles. The summed E-state index contributed by atoms with van der Waals surface area (Å²) in [4.78, 5) is 0. The van der Waals surface area contributed by atoms with Crippen LogP contribution in [-0.4, -0.2) is 23.9 Å². The Morgan fingerprint density at radius 3 is 2.53 bits per heavy atom. The molecule has 0 aliphatic rings. The van der Waals surface area contributed by atoms with Crippen LogP contribution in [-0.2, 0) is 0 Å². The lowest BCUT2D eigenvalue weighted by Gasteiger charge is -2.14. The molecule has 0 spiro atoms. The molecule has 0 saturated heterocycles. The van der Waals surface area contributed by atoms with Gasteiger partial charge in [-0.15, -0.1) is 0 Å². The van der Waals surface area contributed by atoms with Gasteiger partial charge in [0.15, 0.2) is 0 Å². The largest absolute Gasteiger partial charge is 0.508 e. The van der Waals surface area contributed by atoms with Crippen molar-refractivity contribution < 1.29 is 19.7 Å². The van der Waals surface area contributed by atoms with Crippen molar-refractivity contribution in [3.8, 4) is 17.2 Å². The molecule has 0 aromatic heterocycles. The van der Waals surface area contributed by atoms with Crippen LogP contribution in [0.1, 0.15) is 11.7 Å². The number of phenolic OH excluding ortho intramolecular Hbond substituents is 1. The van der Waals surface area contributed by atoms with Gasteiger partial charge in [0.05, 0.1) is 7.11 Å². The Kier molecular flexibility index (Phi) is 4.26. The van der Waals surface area contributed by atoms with Crippen molar-refractivity contribution in [1.29, 1.82) is 0 Å². The number of rotatable bonds is 5. The van der Waals surface area contributed by atoms with Gasteiger partial charge in [-0.25, -0.2) is 0 Å². The second-order valence-corrected chi connectivity index (χ2v) is 4.06. The first kappa shape index (κ1) is 13.2. The van der Waals surface area contributed by atoms with Crippen molar-refractivity contribution in [1.82, 2.24) is 0 Å². The molecule has 0 fully saturated rings. The van der Waals surface area contributed by atoms with E-state index in [1.807, 2.05) is 6.07 Å². The number of methoxy groups -OCH3 is 1. The summed E-state index contributed by atoms with van der Waals surface area (Å²) < 4.78 is 10.6. The molecule has 100 valence electrons. The minimum absolute atomic E-state index is 0.0595. The van der Waals surface area contributed by atoms with Gasteiger partial charge in [0.1, 0.15) is 30.0 Å². The first-order valence-corrected chi connectivity index (χ1v) is 5.93. The predicted octanol–water partition coefficient (Wildman–Crippen LogP) is 2.51. The van der Waals surface area contributed by atoms with Gasteiger partial charge in [0.25, 0.3) is 0 Å². The van der Waals surface area contributed by atoms with E-state index in [1.54, 1.807) is 43.5 Å². The number of benzene rings is 2. The normalized spacial score (nSPS) is 11.9. The quantitative estimate of drug-likeness (QED) is 0.867. The molecule has 0 aliphatic heterocycles. The van der Waals surface area contributed by atoms with Crippen molar-refractivity contribution in [2.24, 2.45) is 0 Å². The first-order chi connectivity index (χ1) is 9.20. The fourth-order valence-corrected chi connectivity index (χ4v) is 1.73. The predicted molar refractivity (Wildman–Crippen MR) is 71.6 cm³/mol. The van der Waals surface area contributed by atoms with Crippen molar-refractivity contribution in [3.05, 3.63) is 54.1 Å². The number of aliphatic hydroxyl groups is 1. The average Bonchev–Trinajstić information content (AvgIpc) is 2.45. The number of aliphatic hydroxyl groups excluding tert-OH is 1. The maximum atomic E-state index is 9.97. The molecule has 0 amide bonds. The zero-order valence-corrected chi connectivity index (χ0v) is 10.6. The molecule has 19 heavy (non-hydrogen) atoms. The van der Waals surface area contributed by atoms with Crippen LogP contribution in [0.25, 0.3) is 0 Å². The Labute approximate surface area is 111 Å². The molecule has 0 radical (unpaired) electrons. The van der Waals surface area contributed by atoms with Gasteiger partial charge in [-0.3, -0.25) is 0 Å². The SMILES string of the molecule is COc1cccc(OCC(O)c2ccccc2O)c1. The number of ether oxygens (including phenoxy) is 2. The number of hydrogen-bond donors (Lipinski definition) is 2. The summed E-state index contributed by atoms with van der Waals surface area (Å²) in [6, 6.07) is 13.8. The summed E-state index contributed by atoms with van der Waals surface area (Å²) in [6.07, 6.45) is -0.882. The van der Waals surface area contributed by atoms with E-state index < -0.39 is 6.10 Å². The molecule has 0 saturated carbocycles. The summed E-state index contributed by atoms with van der Waals surface area (Å²) in [7, 11) is 1.58. The van der Waals surface area contributed by atoms with Crippen molar-refractivity contribution in [3.63, 3.8) is 0 Å². The van der Waals surface area contributed by atoms with Crippen LogP contribution in [0.15, 0.2) is 48.5 Å². The van der Waals surface area contributed by atoms with Gasteiger partial charge >= 0.3 is 0 Å². The molecule has 2 rings (SSSR count). The highest BCUT2D eigenvalue weighted by atomic mass is 16.5. The Morgan fingerprint density at radius 2 is 1.79 bits per heavy atom. The average molecular weight is 260 g/mol. The third kappa shape index (κ3) is 3.39. The third-order valence-electron chi connectivity index (χ3n) is 2.74. The molecule has 0 bridgehead atoms. The van der Waals surface area contributed by atoms with Crippen molar-refractivity contribution in [2.75, 3.05) is 13.7 Å². The van der Waals surface area contributed by atoms with E-state index in [4.69, 9.17) is 9.47 Å². The fraction of sp³-hybridized carbons (Fsp3) is 0.200. The number of hydrogen-bond acceptors (Lipinski definition) is 4.